The predicted molar refractivity (Wildman–Crippen MR) is 67.9 cm³/mol. The molecule has 1 saturated carbocycles. The van der Waals surface area contributed by atoms with Gasteiger partial charge in [0, 0.05) is 6.04 Å². The standard InChI is InChI=1S/C13H17N3O3/c1-8-2-4-9(5-3-8)16-12(17)10-6-15-11(7-14-10)13(18)19/h6-9H,2-5H2,1H3,(H,16,17)(H,18,19). The SMILES string of the molecule is CC1CCC(NC(=O)c2cnc(C(=O)O)cn2)CC1. The van der Waals surface area contributed by atoms with Gasteiger partial charge in [0.25, 0.3) is 5.91 Å². The van der Waals surface area contributed by atoms with E-state index < -0.39 is 5.97 Å². The number of nitrogens with one attached hydrogen (secondary N) is 1. The maximum absolute atomic E-state index is 11.9. The minimum atomic E-state index is -1.15. The van der Waals surface area contributed by atoms with Gasteiger partial charge < -0.3 is 10.4 Å². The fraction of sp³-hybridized carbons (Fsp3) is 0.538. The monoisotopic (exact) mass is 263 g/mol. The summed E-state index contributed by atoms with van der Waals surface area (Å²) >= 11 is 0. The molecule has 102 valence electrons. The van der Waals surface area contributed by atoms with Gasteiger partial charge in [0.1, 0.15) is 5.69 Å². The van der Waals surface area contributed by atoms with E-state index in [-0.39, 0.29) is 23.3 Å². The van der Waals surface area contributed by atoms with Gasteiger partial charge in [0.15, 0.2) is 5.69 Å². The largest absolute Gasteiger partial charge is 0.476 e. The summed E-state index contributed by atoms with van der Waals surface area (Å²) < 4.78 is 0. The van der Waals surface area contributed by atoms with Gasteiger partial charge in [-0.1, -0.05) is 6.92 Å². The Balaban J connectivity index is 1.94. The van der Waals surface area contributed by atoms with E-state index in [0.29, 0.717) is 0 Å². The highest BCUT2D eigenvalue weighted by molar-refractivity contribution is 5.92. The summed E-state index contributed by atoms with van der Waals surface area (Å²) in [7, 11) is 0. The van der Waals surface area contributed by atoms with Gasteiger partial charge in [-0.25, -0.2) is 14.8 Å². The minimum Gasteiger partial charge on any atom is -0.476 e. The Morgan fingerprint density at radius 1 is 1.16 bits per heavy atom. The van der Waals surface area contributed by atoms with E-state index in [4.69, 9.17) is 5.11 Å². The smallest absolute Gasteiger partial charge is 0.356 e. The number of carbonyl (C=O) groups excluding carboxylic acids is 1. The van der Waals surface area contributed by atoms with Crippen molar-refractivity contribution in [1.29, 1.82) is 0 Å². The zero-order chi connectivity index (χ0) is 13.8. The van der Waals surface area contributed by atoms with Crippen molar-refractivity contribution in [1.82, 2.24) is 15.3 Å². The van der Waals surface area contributed by atoms with Crippen molar-refractivity contribution in [2.45, 2.75) is 38.6 Å². The molecule has 0 radical (unpaired) electrons. The Morgan fingerprint density at radius 2 is 1.74 bits per heavy atom. The van der Waals surface area contributed by atoms with E-state index in [1.807, 2.05) is 0 Å². The van der Waals surface area contributed by atoms with Crippen LogP contribution in [0.25, 0.3) is 0 Å². The number of hydrogen-bond donors (Lipinski definition) is 2. The molecule has 0 spiro atoms. The van der Waals surface area contributed by atoms with E-state index >= 15 is 0 Å². The van der Waals surface area contributed by atoms with Crippen LogP contribution in [0.4, 0.5) is 0 Å². The van der Waals surface area contributed by atoms with Gasteiger partial charge in [-0.05, 0) is 31.6 Å². The molecule has 6 nitrogen and oxygen atoms in total. The highest BCUT2D eigenvalue weighted by atomic mass is 16.4. The van der Waals surface area contributed by atoms with Crippen molar-refractivity contribution in [2.75, 3.05) is 0 Å². The molecule has 1 aliphatic rings. The van der Waals surface area contributed by atoms with Crippen molar-refractivity contribution in [3.05, 3.63) is 23.8 Å². The molecule has 2 N–H and O–H groups in total. The molecule has 6 heteroatoms. The fourth-order valence-electron chi connectivity index (χ4n) is 2.22. The number of aromatic carboxylic acids is 1. The molecule has 1 aromatic heterocycles. The average Bonchev–Trinajstić information content (AvgIpc) is 2.41. The summed E-state index contributed by atoms with van der Waals surface area (Å²) in [6.07, 6.45) is 6.49. The van der Waals surface area contributed by atoms with Crippen molar-refractivity contribution in [2.24, 2.45) is 5.92 Å². The maximum Gasteiger partial charge on any atom is 0.356 e. The van der Waals surface area contributed by atoms with Crippen LogP contribution in [-0.2, 0) is 0 Å². The number of rotatable bonds is 3. The molecule has 0 aliphatic heterocycles. The van der Waals surface area contributed by atoms with E-state index in [1.54, 1.807) is 0 Å². The summed E-state index contributed by atoms with van der Waals surface area (Å²) in [6, 6.07) is 0.185. The van der Waals surface area contributed by atoms with Gasteiger partial charge in [-0.15, -0.1) is 0 Å². The normalized spacial score (nSPS) is 22.8. The molecule has 0 bridgehead atoms. The number of nitrogens with zero attached hydrogens (tertiary/aromatic N) is 2. The zero-order valence-electron chi connectivity index (χ0n) is 10.8. The lowest BCUT2D eigenvalue weighted by Gasteiger charge is -2.26. The minimum absolute atomic E-state index is 0.156. The molecule has 1 heterocycles. The zero-order valence-corrected chi connectivity index (χ0v) is 10.8. The third-order valence-electron chi connectivity index (χ3n) is 3.45. The second-order valence-corrected chi connectivity index (χ2v) is 5.02. The summed E-state index contributed by atoms with van der Waals surface area (Å²) in [5, 5.41) is 11.6. The van der Waals surface area contributed by atoms with Crippen LogP contribution in [0.2, 0.25) is 0 Å². The third kappa shape index (κ3) is 3.49. The maximum atomic E-state index is 11.9. The van der Waals surface area contributed by atoms with Crippen LogP contribution in [0.5, 0.6) is 0 Å². The Morgan fingerprint density at radius 3 is 2.26 bits per heavy atom. The number of carboxylic acid groups (broad SMARTS) is 1. The van der Waals surface area contributed by atoms with Crippen molar-refractivity contribution in [3.8, 4) is 0 Å². The number of amides is 1. The fourth-order valence-corrected chi connectivity index (χ4v) is 2.22. The van der Waals surface area contributed by atoms with E-state index in [9.17, 15) is 9.59 Å². The number of carbonyl (C=O) groups is 2. The Bertz CT molecular complexity index is 465. The number of hydrogen-bond acceptors (Lipinski definition) is 4. The molecule has 2 rings (SSSR count). The van der Waals surface area contributed by atoms with Gasteiger partial charge in [-0.3, -0.25) is 4.79 Å². The quantitative estimate of drug-likeness (QED) is 0.861. The molecular weight excluding hydrogens is 246 g/mol. The second-order valence-electron chi connectivity index (χ2n) is 5.02. The van der Waals surface area contributed by atoms with E-state index in [2.05, 4.69) is 22.2 Å². The van der Waals surface area contributed by atoms with Crippen LogP contribution < -0.4 is 5.32 Å². The first kappa shape index (κ1) is 13.5. The van der Waals surface area contributed by atoms with Crippen LogP contribution in [0.3, 0.4) is 0 Å². The highest BCUT2D eigenvalue weighted by Crippen LogP contribution is 2.23. The molecule has 1 amide bonds. The average molecular weight is 263 g/mol. The van der Waals surface area contributed by atoms with Crippen LogP contribution in [0, 0.1) is 5.92 Å². The highest BCUT2D eigenvalue weighted by Gasteiger charge is 2.21. The molecule has 1 fully saturated rings. The lowest BCUT2D eigenvalue weighted by atomic mass is 9.87. The first-order valence-corrected chi connectivity index (χ1v) is 6.42. The Kier molecular flexibility index (Phi) is 4.09. The topological polar surface area (TPSA) is 92.2 Å². The van der Waals surface area contributed by atoms with Crippen LogP contribution in [-0.4, -0.2) is 33.0 Å². The molecule has 0 aromatic carbocycles. The van der Waals surface area contributed by atoms with Gasteiger partial charge >= 0.3 is 5.97 Å². The summed E-state index contributed by atoms with van der Waals surface area (Å²) in [5.41, 5.74) is -0.00772. The first-order valence-electron chi connectivity index (χ1n) is 6.42. The van der Waals surface area contributed by atoms with Gasteiger partial charge in [0.2, 0.25) is 0 Å². The molecule has 19 heavy (non-hydrogen) atoms. The first-order chi connectivity index (χ1) is 9.06. The molecule has 0 atom stereocenters. The van der Waals surface area contributed by atoms with Crippen LogP contribution in [0.1, 0.15) is 53.6 Å². The molecular formula is C13H17N3O3. The second kappa shape index (κ2) is 5.77. The summed E-state index contributed by atoms with van der Waals surface area (Å²) in [6.45, 7) is 2.22. The van der Waals surface area contributed by atoms with E-state index in [1.165, 1.54) is 6.20 Å². The Labute approximate surface area is 111 Å². The lowest BCUT2D eigenvalue weighted by molar-refractivity contribution is 0.0688. The number of aromatic nitrogens is 2. The summed E-state index contributed by atoms with van der Waals surface area (Å²) in [4.78, 5) is 30.0. The van der Waals surface area contributed by atoms with Crippen molar-refractivity contribution >= 4 is 11.9 Å². The van der Waals surface area contributed by atoms with Gasteiger partial charge in [-0.2, -0.15) is 0 Å². The van der Waals surface area contributed by atoms with Crippen LogP contribution >= 0.6 is 0 Å². The van der Waals surface area contributed by atoms with Crippen molar-refractivity contribution < 1.29 is 14.7 Å². The van der Waals surface area contributed by atoms with E-state index in [0.717, 1.165) is 37.8 Å². The number of carboxylic acids is 1. The summed E-state index contributed by atoms with van der Waals surface area (Å²) in [5.74, 6) is -0.715. The Hall–Kier alpha value is -1.98. The van der Waals surface area contributed by atoms with Gasteiger partial charge in [0.05, 0.1) is 12.4 Å². The van der Waals surface area contributed by atoms with Crippen LogP contribution in [0.15, 0.2) is 12.4 Å². The molecule has 0 unspecified atom stereocenters. The molecule has 1 aliphatic carbocycles. The third-order valence-corrected chi connectivity index (χ3v) is 3.45. The predicted octanol–water partition coefficient (Wildman–Crippen LogP) is 1.48. The van der Waals surface area contributed by atoms with Crippen molar-refractivity contribution in [3.63, 3.8) is 0 Å². The molecule has 0 saturated heterocycles. The lowest BCUT2D eigenvalue weighted by Crippen LogP contribution is -2.37. The molecule has 1 aromatic rings.